The first-order valence-electron chi connectivity index (χ1n) is 12.8. The molecule has 0 spiro atoms. The quantitative estimate of drug-likeness (QED) is 0.106. The normalized spacial score (nSPS) is 16.8. The Morgan fingerprint density at radius 3 is 2.30 bits per heavy atom. The number of nitrogens with one attached hydrogen (secondary N) is 2. The fourth-order valence-corrected chi connectivity index (χ4v) is 4.32. The summed E-state index contributed by atoms with van der Waals surface area (Å²) in [5.74, 6) is -1.91. The molecule has 1 aromatic rings. The van der Waals surface area contributed by atoms with Gasteiger partial charge in [-0.2, -0.15) is 0 Å². The van der Waals surface area contributed by atoms with Gasteiger partial charge in [0.1, 0.15) is 18.1 Å². The average Bonchev–Trinajstić information content (AvgIpc) is 2.89. The molecule has 0 aliphatic carbocycles. The number of carbonyl (C=O) groups excluding carboxylic acids is 4. The van der Waals surface area contributed by atoms with Gasteiger partial charge in [0.2, 0.25) is 17.7 Å². The Morgan fingerprint density at radius 1 is 0.946 bits per heavy atom. The predicted octanol–water partition coefficient (Wildman–Crippen LogP) is -0.681. The molecule has 1 unspecified atom stereocenters. The molecule has 0 aromatic heterocycles. The molecule has 37 heavy (non-hydrogen) atoms. The van der Waals surface area contributed by atoms with Gasteiger partial charge >= 0.3 is 0 Å². The molecule has 1 aliphatic heterocycles. The fraction of sp³-hybridized carbons (Fsp3) is 0.560. The highest BCUT2D eigenvalue weighted by molar-refractivity contribution is 5.98. The molecule has 204 valence electrons. The first-order valence-corrected chi connectivity index (χ1v) is 12.8. The maximum atomic E-state index is 13.5. The number of aliphatic imine (C=N–C) groups is 1. The summed E-state index contributed by atoms with van der Waals surface area (Å²) in [7, 11) is 0. The second-order valence-electron chi connectivity index (χ2n) is 9.13. The molecule has 2 rings (SSSR count). The van der Waals surface area contributed by atoms with Crippen LogP contribution in [0.3, 0.4) is 0 Å². The van der Waals surface area contributed by atoms with Crippen molar-refractivity contribution in [2.24, 2.45) is 27.9 Å². The van der Waals surface area contributed by atoms with Crippen LogP contribution in [0.5, 0.6) is 0 Å². The van der Waals surface area contributed by atoms with Crippen molar-refractivity contribution in [3.8, 4) is 0 Å². The largest absolute Gasteiger partial charge is 0.370 e. The van der Waals surface area contributed by atoms with Crippen molar-refractivity contribution in [3.63, 3.8) is 0 Å². The van der Waals surface area contributed by atoms with Crippen LogP contribution in [0.1, 0.15) is 61.7 Å². The van der Waals surface area contributed by atoms with E-state index in [4.69, 9.17) is 22.9 Å². The molecule has 10 N–H and O–H groups in total. The van der Waals surface area contributed by atoms with Gasteiger partial charge in [-0.25, -0.2) is 0 Å². The van der Waals surface area contributed by atoms with Crippen molar-refractivity contribution in [3.05, 3.63) is 35.9 Å². The van der Waals surface area contributed by atoms with Crippen molar-refractivity contribution in [1.29, 1.82) is 0 Å². The number of primary amides is 1. The van der Waals surface area contributed by atoms with Crippen LogP contribution in [0.4, 0.5) is 0 Å². The number of rotatable bonds is 14. The van der Waals surface area contributed by atoms with Crippen molar-refractivity contribution < 1.29 is 19.2 Å². The van der Waals surface area contributed by atoms with E-state index in [0.717, 1.165) is 12.8 Å². The van der Waals surface area contributed by atoms with Gasteiger partial charge < -0.3 is 38.5 Å². The van der Waals surface area contributed by atoms with E-state index in [9.17, 15) is 19.2 Å². The number of hydrogen-bond donors (Lipinski definition) is 6. The van der Waals surface area contributed by atoms with Crippen LogP contribution in [0.25, 0.3) is 0 Å². The summed E-state index contributed by atoms with van der Waals surface area (Å²) in [6, 6.07) is 6.00. The number of nitrogens with two attached hydrogens (primary N) is 4. The van der Waals surface area contributed by atoms with E-state index in [-0.39, 0.29) is 24.8 Å². The summed E-state index contributed by atoms with van der Waals surface area (Å²) in [6.07, 6.45) is 4.33. The number of likely N-dealkylation sites (tertiary alicyclic amines) is 1. The topological polar surface area (TPSA) is 212 Å². The highest BCUT2D eigenvalue weighted by Crippen LogP contribution is 2.19. The summed E-state index contributed by atoms with van der Waals surface area (Å²) < 4.78 is 0. The lowest BCUT2D eigenvalue weighted by molar-refractivity contribution is -0.144. The minimum atomic E-state index is -0.931. The Balaban J connectivity index is 2.20. The molecule has 4 amide bonds. The van der Waals surface area contributed by atoms with Gasteiger partial charge in [0, 0.05) is 18.7 Å². The lowest BCUT2D eigenvalue weighted by atomic mass is 9.98. The molecular formula is C25H40N8O4. The third-order valence-corrected chi connectivity index (χ3v) is 6.28. The van der Waals surface area contributed by atoms with Gasteiger partial charge in [0.05, 0.1) is 0 Å². The van der Waals surface area contributed by atoms with Crippen LogP contribution in [0, 0.1) is 0 Å². The molecule has 0 bridgehead atoms. The van der Waals surface area contributed by atoms with E-state index in [1.807, 2.05) is 0 Å². The summed E-state index contributed by atoms with van der Waals surface area (Å²) in [6.45, 7) is 1.12. The van der Waals surface area contributed by atoms with Gasteiger partial charge in [-0.15, -0.1) is 0 Å². The molecule has 1 aliphatic rings. The molecule has 12 nitrogen and oxygen atoms in total. The second kappa shape index (κ2) is 15.4. The third kappa shape index (κ3) is 9.71. The Morgan fingerprint density at radius 2 is 1.65 bits per heavy atom. The maximum Gasteiger partial charge on any atom is 0.251 e. The third-order valence-electron chi connectivity index (χ3n) is 6.28. The molecular weight excluding hydrogens is 476 g/mol. The predicted molar refractivity (Wildman–Crippen MR) is 141 cm³/mol. The van der Waals surface area contributed by atoms with Gasteiger partial charge in [-0.3, -0.25) is 24.2 Å². The molecule has 1 heterocycles. The lowest BCUT2D eigenvalue weighted by Crippen LogP contribution is -2.58. The highest BCUT2D eigenvalue weighted by Gasteiger charge is 2.35. The minimum Gasteiger partial charge on any atom is -0.370 e. The molecule has 12 heteroatoms. The highest BCUT2D eigenvalue weighted by atomic mass is 16.2. The van der Waals surface area contributed by atoms with Crippen molar-refractivity contribution in [2.45, 2.75) is 69.5 Å². The monoisotopic (exact) mass is 516 g/mol. The molecule has 0 saturated carbocycles. The van der Waals surface area contributed by atoms with E-state index in [2.05, 4.69) is 15.6 Å². The summed E-state index contributed by atoms with van der Waals surface area (Å²) >= 11 is 0. The molecule has 1 aromatic carbocycles. The van der Waals surface area contributed by atoms with Crippen LogP contribution < -0.4 is 33.6 Å². The maximum absolute atomic E-state index is 13.5. The number of hydrogen-bond acceptors (Lipinski definition) is 6. The summed E-state index contributed by atoms with van der Waals surface area (Å²) in [5.41, 5.74) is 22.3. The van der Waals surface area contributed by atoms with Gasteiger partial charge in [0.15, 0.2) is 5.96 Å². The lowest BCUT2D eigenvalue weighted by Gasteiger charge is -2.36. The number of nitrogens with zero attached hydrogens (tertiary/aromatic N) is 2. The zero-order valence-corrected chi connectivity index (χ0v) is 21.2. The number of guanidine groups is 1. The SMILES string of the molecule is NCCCC[C@H](NC(=O)[C@H](CCCN=C(N)N)NC(=O)c1ccccc1)C(=O)N1CCCCC1C(N)=O. The van der Waals surface area contributed by atoms with Crippen molar-refractivity contribution in [1.82, 2.24) is 15.5 Å². The number of benzene rings is 1. The van der Waals surface area contributed by atoms with E-state index in [0.29, 0.717) is 50.8 Å². The molecule has 3 atom stereocenters. The second-order valence-corrected chi connectivity index (χ2v) is 9.13. The van der Waals surface area contributed by atoms with Crippen LogP contribution in [-0.2, 0) is 14.4 Å². The smallest absolute Gasteiger partial charge is 0.251 e. The first kappa shape index (κ1) is 29.6. The van der Waals surface area contributed by atoms with E-state index in [1.54, 1.807) is 30.3 Å². The standard InChI is InChI=1S/C25H40N8O4/c26-14-6-4-11-19(24(37)33-16-7-5-13-20(33)21(27)34)32-23(36)18(12-8-15-30-25(28)29)31-22(35)17-9-2-1-3-10-17/h1-3,9-10,18-20H,4-8,11-16,26H2,(H2,27,34)(H,31,35)(H,32,36)(H4,28,29,30)/t18-,19-,20?/m0/s1. The Bertz CT molecular complexity index is 936. The Kier molecular flexibility index (Phi) is 12.3. The van der Waals surface area contributed by atoms with Gasteiger partial charge in [-0.1, -0.05) is 18.2 Å². The van der Waals surface area contributed by atoms with Crippen LogP contribution >= 0.6 is 0 Å². The minimum absolute atomic E-state index is 0.0644. The van der Waals surface area contributed by atoms with E-state index in [1.165, 1.54) is 4.90 Å². The number of piperidine rings is 1. The Labute approximate surface area is 217 Å². The average molecular weight is 517 g/mol. The number of amides is 4. The molecule has 1 saturated heterocycles. The first-order chi connectivity index (χ1) is 17.7. The van der Waals surface area contributed by atoms with Crippen molar-refractivity contribution >= 4 is 29.6 Å². The molecule has 0 radical (unpaired) electrons. The fourth-order valence-electron chi connectivity index (χ4n) is 4.32. The van der Waals surface area contributed by atoms with Crippen LogP contribution in [0.2, 0.25) is 0 Å². The molecule has 1 fully saturated rings. The van der Waals surface area contributed by atoms with E-state index < -0.39 is 35.8 Å². The van der Waals surface area contributed by atoms with E-state index >= 15 is 0 Å². The zero-order valence-electron chi connectivity index (χ0n) is 21.2. The Hall–Kier alpha value is -3.67. The van der Waals surface area contributed by atoms with Crippen molar-refractivity contribution in [2.75, 3.05) is 19.6 Å². The zero-order chi connectivity index (χ0) is 27.2. The number of unbranched alkanes of at least 4 members (excludes halogenated alkanes) is 1. The van der Waals surface area contributed by atoms with Gasteiger partial charge in [-0.05, 0) is 70.0 Å². The summed E-state index contributed by atoms with van der Waals surface area (Å²) in [4.78, 5) is 57.0. The van der Waals surface area contributed by atoms with Crippen LogP contribution in [-0.4, -0.2) is 72.2 Å². The van der Waals surface area contributed by atoms with Crippen LogP contribution in [0.15, 0.2) is 35.3 Å². The van der Waals surface area contributed by atoms with Gasteiger partial charge in [0.25, 0.3) is 5.91 Å². The summed E-state index contributed by atoms with van der Waals surface area (Å²) in [5, 5.41) is 5.57. The number of carbonyl (C=O) groups is 4.